The average molecular weight is 248 g/mol. The highest BCUT2D eigenvalue weighted by atomic mass is 16.4. The summed E-state index contributed by atoms with van der Waals surface area (Å²) < 4.78 is 1.21. The zero-order valence-corrected chi connectivity index (χ0v) is 9.02. The van der Waals surface area contributed by atoms with Gasteiger partial charge >= 0.3 is 5.97 Å². The Morgan fingerprint density at radius 1 is 1.44 bits per heavy atom. The molecule has 0 fully saturated rings. The van der Waals surface area contributed by atoms with Crippen LogP contribution in [0.1, 0.15) is 10.5 Å². The Morgan fingerprint density at radius 2 is 2.28 bits per heavy atom. The number of hydrogen-bond acceptors (Lipinski definition) is 6. The second kappa shape index (κ2) is 4.99. The third kappa shape index (κ3) is 2.64. The van der Waals surface area contributed by atoms with Crippen LogP contribution in [0.4, 0.5) is 5.69 Å². The molecule has 9 nitrogen and oxygen atoms in total. The van der Waals surface area contributed by atoms with E-state index in [9.17, 15) is 9.59 Å². The molecule has 2 heterocycles. The number of hydrogen-bond donors (Lipinski definition) is 2. The second-order valence-corrected chi connectivity index (χ2v) is 3.26. The van der Waals surface area contributed by atoms with Gasteiger partial charge in [-0.05, 0) is 22.6 Å². The molecule has 0 radical (unpaired) electrons. The van der Waals surface area contributed by atoms with E-state index in [1.807, 2.05) is 0 Å². The number of carbonyl (C=O) groups is 2. The summed E-state index contributed by atoms with van der Waals surface area (Å²) in [5.74, 6) is -1.66. The van der Waals surface area contributed by atoms with Crippen LogP contribution in [0.3, 0.4) is 0 Å². The number of carboxylic acids is 1. The van der Waals surface area contributed by atoms with E-state index in [0.717, 1.165) is 0 Å². The number of nitrogens with zero attached hydrogens (tertiary/aromatic N) is 5. The van der Waals surface area contributed by atoms with Gasteiger partial charge in [0.05, 0.1) is 5.69 Å². The summed E-state index contributed by atoms with van der Waals surface area (Å²) in [5, 5.41) is 21.6. The summed E-state index contributed by atoms with van der Waals surface area (Å²) in [6, 6.07) is 2.98. The Labute approximate surface area is 100 Å². The zero-order chi connectivity index (χ0) is 13.0. The van der Waals surface area contributed by atoms with Crippen LogP contribution in [0.15, 0.2) is 24.7 Å². The first-order valence-corrected chi connectivity index (χ1v) is 4.86. The molecule has 0 aliphatic carbocycles. The molecule has 0 unspecified atom stereocenters. The maximum atomic E-state index is 11.6. The molecule has 2 rings (SSSR count). The van der Waals surface area contributed by atoms with E-state index in [4.69, 9.17) is 5.11 Å². The summed E-state index contributed by atoms with van der Waals surface area (Å²) in [6.45, 7) is -0.110. The molecule has 0 aliphatic rings. The normalized spacial score (nSPS) is 10.0. The van der Waals surface area contributed by atoms with Crippen molar-refractivity contribution < 1.29 is 14.7 Å². The Hall–Kier alpha value is -2.84. The van der Waals surface area contributed by atoms with E-state index in [1.54, 1.807) is 0 Å². The van der Waals surface area contributed by atoms with Gasteiger partial charge in [-0.2, -0.15) is 0 Å². The minimum Gasteiger partial charge on any atom is -0.476 e. The minimum absolute atomic E-state index is 0.110. The van der Waals surface area contributed by atoms with E-state index >= 15 is 0 Å². The van der Waals surface area contributed by atoms with Gasteiger partial charge in [0.2, 0.25) is 5.91 Å². The maximum Gasteiger partial charge on any atom is 0.356 e. The minimum atomic E-state index is -1.21. The number of carbonyl (C=O) groups excluding carboxylic acids is 1. The van der Waals surface area contributed by atoms with E-state index in [-0.39, 0.29) is 17.9 Å². The number of anilines is 1. The fourth-order valence-corrected chi connectivity index (χ4v) is 1.27. The Bertz CT molecular complexity index is 567. The van der Waals surface area contributed by atoms with Crippen LogP contribution < -0.4 is 5.32 Å². The number of rotatable bonds is 4. The van der Waals surface area contributed by atoms with Gasteiger partial charge in [0.15, 0.2) is 5.69 Å². The summed E-state index contributed by atoms with van der Waals surface area (Å²) >= 11 is 0. The van der Waals surface area contributed by atoms with Crippen molar-refractivity contribution in [2.75, 3.05) is 5.32 Å². The van der Waals surface area contributed by atoms with Gasteiger partial charge in [-0.3, -0.25) is 4.79 Å². The van der Waals surface area contributed by atoms with Crippen molar-refractivity contribution in [1.82, 2.24) is 25.2 Å². The van der Waals surface area contributed by atoms with E-state index in [1.165, 1.54) is 29.3 Å². The van der Waals surface area contributed by atoms with Crippen molar-refractivity contribution in [2.45, 2.75) is 6.54 Å². The molecule has 0 aromatic carbocycles. The lowest BCUT2D eigenvalue weighted by Gasteiger charge is -2.06. The van der Waals surface area contributed by atoms with Crippen LogP contribution in [0.25, 0.3) is 0 Å². The summed E-state index contributed by atoms with van der Waals surface area (Å²) in [5.41, 5.74) is -0.0920. The van der Waals surface area contributed by atoms with Crippen molar-refractivity contribution in [1.29, 1.82) is 0 Å². The number of carboxylic acid groups (broad SMARTS) is 1. The van der Waals surface area contributed by atoms with Crippen molar-refractivity contribution in [3.05, 3.63) is 30.4 Å². The molecule has 0 bridgehead atoms. The van der Waals surface area contributed by atoms with Crippen LogP contribution in [0, 0.1) is 0 Å². The van der Waals surface area contributed by atoms with Crippen molar-refractivity contribution in [2.24, 2.45) is 0 Å². The van der Waals surface area contributed by atoms with Gasteiger partial charge in [0.25, 0.3) is 0 Å². The Morgan fingerprint density at radius 3 is 2.94 bits per heavy atom. The highest BCUT2D eigenvalue weighted by Gasteiger charge is 2.13. The molecule has 2 aromatic heterocycles. The molecule has 0 spiro atoms. The fourth-order valence-electron chi connectivity index (χ4n) is 1.27. The number of nitrogens with one attached hydrogen (secondary N) is 1. The highest BCUT2D eigenvalue weighted by molar-refractivity contribution is 5.98. The predicted octanol–water partition coefficient (Wildman–Crippen LogP) is -0.595. The molecule has 0 aliphatic heterocycles. The van der Waals surface area contributed by atoms with Crippen LogP contribution >= 0.6 is 0 Å². The first-order valence-electron chi connectivity index (χ1n) is 4.86. The lowest BCUT2D eigenvalue weighted by Crippen LogP contribution is -2.21. The third-order valence-electron chi connectivity index (χ3n) is 1.98. The first kappa shape index (κ1) is 11.6. The van der Waals surface area contributed by atoms with Crippen molar-refractivity contribution in [3.8, 4) is 0 Å². The molecule has 1 amide bonds. The maximum absolute atomic E-state index is 11.6. The SMILES string of the molecule is O=C(Cn1cnnn1)Nc1cccnc1C(=O)O. The van der Waals surface area contributed by atoms with Gasteiger partial charge < -0.3 is 10.4 Å². The fraction of sp³-hybridized carbons (Fsp3) is 0.111. The zero-order valence-electron chi connectivity index (χ0n) is 9.02. The van der Waals surface area contributed by atoms with E-state index < -0.39 is 11.9 Å². The number of aromatic nitrogens is 5. The molecule has 0 saturated heterocycles. The van der Waals surface area contributed by atoms with E-state index in [0.29, 0.717) is 0 Å². The quantitative estimate of drug-likeness (QED) is 0.740. The monoisotopic (exact) mass is 248 g/mol. The smallest absolute Gasteiger partial charge is 0.356 e. The number of pyridine rings is 1. The van der Waals surface area contributed by atoms with Gasteiger partial charge in [-0.15, -0.1) is 5.10 Å². The molecule has 18 heavy (non-hydrogen) atoms. The molecule has 9 heteroatoms. The predicted molar refractivity (Wildman–Crippen MR) is 57.6 cm³/mol. The molecule has 0 saturated carbocycles. The largest absolute Gasteiger partial charge is 0.476 e. The lowest BCUT2D eigenvalue weighted by atomic mass is 10.3. The second-order valence-electron chi connectivity index (χ2n) is 3.26. The molecule has 2 aromatic rings. The van der Waals surface area contributed by atoms with Gasteiger partial charge in [-0.1, -0.05) is 0 Å². The van der Waals surface area contributed by atoms with Gasteiger partial charge in [-0.25, -0.2) is 14.5 Å². The van der Waals surface area contributed by atoms with Crippen molar-refractivity contribution in [3.63, 3.8) is 0 Å². The third-order valence-corrected chi connectivity index (χ3v) is 1.98. The average Bonchev–Trinajstić information content (AvgIpc) is 2.82. The number of aromatic carboxylic acids is 1. The molecular formula is C9H8N6O3. The summed E-state index contributed by atoms with van der Waals surface area (Å²) in [7, 11) is 0. The van der Waals surface area contributed by atoms with E-state index in [2.05, 4.69) is 25.8 Å². The lowest BCUT2D eigenvalue weighted by molar-refractivity contribution is -0.116. The van der Waals surface area contributed by atoms with Crippen LogP contribution in [0.2, 0.25) is 0 Å². The highest BCUT2D eigenvalue weighted by Crippen LogP contribution is 2.11. The number of tetrazole rings is 1. The summed E-state index contributed by atoms with van der Waals surface area (Å²) in [6.07, 6.45) is 2.61. The summed E-state index contributed by atoms with van der Waals surface area (Å²) in [4.78, 5) is 26.1. The Balaban J connectivity index is 2.09. The molecule has 2 N–H and O–H groups in total. The van der Waals surface area contributed by atoms with Crippen LogP contribution in [-0.4, -0.2) is 42.2 Å². The number of amides is 1. The van der Waals surface area contributed by atoms with Crippen molar-refractivity contribution >= 4 is 17.6 Å². The van der Waals surface area contributed by atoms with Crippen LogP contribution in [-0.2, 0) is 11.3 Å². The first-order chi connectivity index (χ1) is 8.66. The molecule has 92 valence electrons. The standard InChI is InChI=1S/C9H8N6O3/c16-7(4-15-5-11-13-14-15)12-6-2-1-3-10-8(6)9(17)18/h1-3,5H,4H2,(H,12,16)(H,17,18). The topological polar surface area (TPSA) is 123 Å². The van der Waals surface area contributed by atoms with Crippen LogP contribution in [0.5, 0.6) is 0 Å². The Kier molecular flexibility index (Phi) is 3.23. The van der Waals surface area contributed by atoms with Gasteiger partial charge in [0.1, 0.15) is 12.9 Å². The molecule has 0 atom stereocenters. The van der Waals surface area contributed by atoms with Gasteiger partial charge in [0, 0.05) is 6.20 Å². The molecular weight excluding hydrogens is 240 g/mol.